The van der Waals surface area contributed by atoms with Crippen LogP contribution in [0.3, 0.4) is 0 Å². The number of carbonyl (C=O) groups excluding carboxylic acids is 1. The van der Waals surface area contributed by atoms with Gasteiger partial charge >= 0.3 is 0 Å². The van der Waals surface area contributed by atoms with Gasteiger partial charge in [0.15, 0.2) is 0 Å². The van der Waals surface area contributed by atoms with E-state index < -0.39 is 5.41 Å². The molecule has 0 saturated heterocycles. The van der Waals surface area contributed by atoms with E-state index in [0.717, 1.165) is 0 Å². The Hall–Kier alpha value is -0.610. The summed E-state index contributed by atoms with van der Waals surface area (Å²) in [4.78, 5) is 12.0. The van der Waals surface area contributed by atoms with Crippen LogP contribution in [0.2, 0.25) is 0 Å². The van der Waals surface area contributed by atoms with Gasteiger partial charge in [0.2, 0.25) is 5.91 Å². The lowest BCUT2D eigenvalue weighted by Crippen LogP contribution is -2.46. The van der Waals surface area contributed by atoms with E-state index in [-0.39, 0.29) is 11.9 Å². The molecule has 0 aromatic rings. The number of ether oxygens (including phenoxy) is 2. The van der Waals surface area contributed by atoms with Crippen molar-refractivity contribution in [3.8, 4) is 0 Å². The van der Waals surface area contributed by atoms with Gasteiger partial charge in [-0.2, -0.15) is 0 Å². The molecule has 0 heterocycles. The molecule has 0 saturated carbocycles. The van der Waals surface area contributed by atoms with Crippen LogP contribution in [0.25, 0.3) is 0 Å². The summed E-state index contributed by atoms with van der Waals surface area (Å²) in [7, 11) is 0. The molecule has 0 aliphatic heterocycles. The Balaban J connectivity index is 4.27. The number of hydrogen-bond donors (Lipinski definition) is 1. The second-order valence-electron chi connectivity index (χ2n) is 7.28. The van der Waals surface area contributed by atoms with Crippen molar-refractivity contribution in [3.63, 3.8) is 0 Å². The first-order valence-electron chi connectivity index (χ1n) is 7.59. The number of carbonyl (C=O) groups is 1. The lowest BCUT2D eigenvalue weighted by Gasteiger charge is -2.25. The third-order valence-electron chi connectivity index (χ3n) is 2.56. The lowest BCUT2D eigenvalue weighted by molar-refractivity contribution is -0.130. The molecule has 0 bridgehead atoms. The number of amides is 1. The van der Waals surface area contributed by atoms with Gasteiger partial charge in [-0.15, -0.1) is 0 Å². The van der Waals surface area contributed by atoms with Gasteiger partial charge in [-0.1, -0.05) is 48.5 Å². The maximum Gasteiger partial charge on any atom is 0.225 e. The Morgan fingerprint density at radius 3 is 1.60 bits per heavy atom. The summed E-state index contributed by atoms with van der Waals surface area (Å²) in [6, 6.07) is -0.0841. The van der Waals surface area contributed by atoms with Crippen molar-refractivity contribution in [2.45, 2.75) is 54.5 Å². The average molecular weight is 287 g/mol. The van der Waals surface area contributed by atoms with E-state index in [1.54, 1.807) is 0 Å². The molecule has 20 heavy (non-hydrogen) atoms. The third-order valence-corrected chi connectivity index (χ3v) is 2.56. The SMILES string of the molecule is CC(C)COCC(COCC(C)C)NC(=O)C(C)(C)C. The minimum absolute atomic E-state index is 0.0313. The smallest absolute Gasteiger partial charge is 0.225 e. The van der Waals surface area contributed by atoms with Crippen molar-refractivity contribution in [2.24, 2.45) is 17.3 Å². The first kappa shape index (κ1) is 19.4. The van der Waals surface area contributed by atoms with Crippen molar-refractivity contribution < 1.29 is 14.3 Å². The molecule has 0 fully saturated rings. The molecule has 0 aliphatic carbocycles. The zero-order valence-electron chi connectivity index (χ0n) is 14.3. The predicted octanol–water partition coefficient (Wildman–Crippen LogP) is 2.86. The van der Waals surface area contributed by atoms with Gasteiger partial charge in [-0.05, 0) is 11.8 Å². The summed E-state index contributed by atoms with van der Waals surface area (Å²) in [6.45, 7) is 16.6. The Morgan fingerprint density at radius 1 is 0.900 bits per heavy atom. The van der Waals surface area contributed by atoms with Crippen LogP contribution in [0.1, 0.15) is 48.5 Å². The number of nitrogens with one attached hydrogen (secondary N) is 1. The molecule has 0 radical (unpaired) electrons. The molecular formula is C16H33NO3. The highest BCUT2D eigenvalue weighted by molar-refractivity contribution is 5.81. The summed E-state index contributed by atoms with van der Waals surface area (Å²) in [6.07, 6.45) is 0. The Morgan fingerprint density at radius 2 is 1.30 bits per heavy atom. The largest absolute Gasteiger partial charge is 0.379 e. The fraction of sp³-hybridized carbons (Fsp3) is 0.938. The first-order valence-corrected chi connectivity index (χ1v) is 7.59. The fourth-order valence-corrected chi connectivity index (χ4v) is 1.43. The van der Waals surface area contributed by atoms with E-state index >= 15 is 0 Å². The molecule has 0 atom stereocenters. The van der Waals surface area contributed by atoms with Gasteiger partial charge in [0.25, 0.3) is 0 Å². The predicted molar refractivity (Wildman–Crippen MR) is 82.7 cm³/mol. The van der Waals surface area contributed by atoms with Crippen LogP contribution in [0.15, 0.2) is 0 Å². The molecule has 0 rings (SSSR count). The van der Waals surface area contributed by atoms with Crippen molar-refractivity contribution in [2.75, 3.05) is 26.4 Å². The minimum atomic E-state index is -0.394. The highest BCUT2D eigenvalue weighted by Crippen LogP contribution is 2.13. The standard InChI is InChI=1S/C16H33NO3/c1-12(2)8-19-10-14(11-20-9-13(3)4)17-15(18)16(5,6)7/h12-14H,8-11H2,1-7H3,(H,17,18). The third kappa shape index (κ3) is 10.2. The Kier molecular flexibility index (Phi) is 9.06. The number of hydrogen-bond acceptors (Lipinski definition) is 3. The van der Waals surface area contributed by atoms with Crippen molar-refractivity contribution >= 4 is 5.91 Å². The molecule has 0 aromatic heterocycles. The second kappa shape index (κ2) is 9.35. The van der Waals surface area contributed by atoms with Crippen LogP contribution >= 0.6 is 0 Å². The molecule has 1 N–H and O–H groups in total. The van der Waals surface area contributed by atoms with Crippen LogP contribution in [0.4, 0.5) is 0 Å². The molecule has 4 nitrogen and oxygen atoms in total. The topological polar surface area (TPSA) is 47.6 Å². The fourth-order valence-electron chi connectivity index (χ4n) is 1.43. The molecule has 4 heteroatoms. The van der Waals surface area contributed by atoms with E-state index in [0.29, 0.717) is 38.3 Å². The quantitative estimate of drug-likeness (QED) is 0.709. The van der Waals surface area contributed by atoms with Crippen molar-refractivity contribution in [1.29, 1.82) is 0 Å². The van der Waals surface area contributed by atoms with E-state index in [1.165, 1.54) is 0 Å². The molecular weight excluding hydrogens is 254 g/mol. The van der Waals surface area contributed by atoms with Gasteiger partial charge in [-0.25, -0.2) is 0 Å². The van der Waals surface area contributed by atoms with Gasteiger partial charge in [-0.3, -0.25) is 4.79 Å². The average Bonchev–Trinajstić information content (AvgIpc) is 2.26. The van der Waals surface area contributed by atoms with E-state index in [2.05, 4.69) is 33.0 Å². The molecule has 1 amide bonds. The Bertz CT molecular complexity index is 255. The molecule has 0 spiro atoms. The molecule has 0 aliphatic rings. The van der Waals surface area contributed by atoms with Gasteiger partial charge in [0.1, 0.15) is 0 Å². The van der Waals surface area contributed by atoms with Crippen LogP contribution in [0.5, 0.6) is 0 Å². The van der Waals surface area contributed by atoms with Crippen LogP contribution in [-0.4, -0.2) is 38.4 Å². The van der Waals surface area contributed by atoms with Crippen LogP contribution in [-0.2, 0) is 14.3 Å². The summed E-state index contributed by atoms with van der Waals surface area (Å²) in [5.74, 6) is 1.01. The summed E-state index contributed by atoms with van der Waals surface area (Å²) in [5, 5.41) is 3.02. The van der Waals surface area contributed by atoms with Crippen LogP contribution < -0.4 is 5.32 Å². The monoisotopic (exact) mass is 287 g/mol. The zero-order valence-corrected chi connectivity index (χ0v) is 14.3. The van der Waals surface area contributed by atoms with Crippen molar-refractivity contribution in [3.05, 3.63) is 0 Å². The van der Waals surface area contributed by atoms with E-state index in [4.69, 9.17) is 9.47 Å². The normalized spacial score (nSPS) is 12.5. The summed E-state index contributed by atoms with van der Waals surface area (Å²) < 4.78 is 11.3. The first-order chi connectivity index (χ1) is 9.12. The molecule has 0 unspecified atom stereocenters. The highest BCUT2D eigenvalue weighted by atomic mass is 16.5. The summed E-state index contributed by atoms with van der Waals surface area (Å²) in [5.41, 5.74) is -0.394. The molecule has 0 aromatic carbocycles. The van der Waals surface area contributed by atoms with Crippen molar-refractivity contribution in [1.82, 2.24) is 5.32 Å². The Labute approximate surface area is 124 Å². The van der Waals surface area contributed by atoms with E-state index in [1.807, 2.05) is 20.8 Å². The molecule has 120 valence electrons. The minimum Gasteiger partial charge on any atom is -0.379 e. The van der Waals surface area contributed by atoms with E-state index in [9.17, 15) is 4.79 Å². The highest BCUT2D eigenvalue weighted by Gasteiger charge is 2.24. The maximum absolute atomic E-state index is 12.0. The lowest BCUT2D eigenvalue weighted by atomic mass is 9.95. The maximum atomic E-state index is 12.0. The van der Waals surface area contributed by atoms with Gasteiger partial charge in [0, 0.05) is 18.6 Å². The summed E-state index contributed by atoms with van der Waals surface area (Å²) >= 11 is 0. The van der Waals surface area contributed by atoms with Crippen LogP contribution in [0, 0.1) is 17.3 Å². The number of rotatable bonds is 9. The van der Waals surface area contributed by atoms with Gasteiger partial charge in [0.05, 0.1) is 19.3 Å². The second-order valence-corrected chi connectivity index (χ2v) is 7.28. The van der Waals surface area contributed by atoms with Gasteiger partial charge < -0.3 is 14.8 Å². The zero-order chi connectivity index (χ0) is 15.8.